The van der Waals surface area contributed by atoms with Gasteiger partial charge in [-0.25, -0.2) is 0 Å². The van der Waals surface area contributed by atoms with E-state index in [0.717, 1.165) is 0 Å². The quantitative estimate of drug-likeness (QED) is 0.273. The molecule has 1 rings (SSSR count). The van der Waals surface area contributed by atoms with E-state index in [0.29, 0.717) is 0 Å². The van der Waals surface area contributed by atoms with E-state index in [4.69, 9.17) is 5.11 Å². The van der Waals surface area contributed by atoms with Gasteiger partial charge in [-0.15, -0.1) is 0 Å². The zero-order valence-electron chi connectivity index (χ0n) is 5.36. The van der Waals surface area contributed by atoms with Gasteiger partial charge in [0.2, 0.25) is 5.91 Å². The zero-order chi connectivity index (χ0) is 8.48. The van der Waals surface area contributed by atoms with E-state index in [1.807, 2.05) is 0 Å². The van der Waals surface area contributed by atoms with Crippen LogP contribution in [-0.4, -0.2) is 29.2 Å². The zero-order valence-corrected chi connectivity index (χ0v) is 5.36. The number of hydrogen-bond acceptors (Lipinski definition) is 5. The van der Waals surface area contributed by atoms with E-state index < -0.39 is 24.0 Å². The van der Waals surface area contributed by atoms with Crippen LogP contribution in [0.5, 0.6) is 0 Å². The molecule has 0 aromatic carbocycles. The van der Waals surface area contributed by atoms with Gasteiger partial charge in [0, 0.05) is 0 Å². The lowest BCUT2D eigenvalue weighted by atomic mass is 10.2. The number of hydrogen-bond donors (Lipinski definition) is 2. The van der Waals surface area contributed by atoms with E-state index in [2.05, 4.69) is 4.74 Å². The molecule has 2 N–H and O–H groups in total. The predicted molar refractivity (Wildman–Crippen MR) is 29.9 cm³/mol. The van der Waals surface area contributed by atoms with E-state index in [1.165, 1.54) is 0 Å². The highest BCUT2D eigenvalue weighted by Crippen LogP contribution is 2.16. The average Bonchev–Trinajstić information content (AvgIpc) is 2.08. The lowest BCUT2D eigenvalue weighted by Gasteiger charge is -2.13. The third-order valence-corrected chi connectivity index (χ3v) is 1.25. The molecule has 0 radical (unpaired) electrons. The summed E-state index contributed by atoms with van der Waals surface area (Å²) in [5, 5.41) is 10.8. The summed E-state index contributed by atoms with van der Waals surface area (Å²) in [4.78, 5) is 30.8. The van der Waals surface area contributed by atoms with E-state index >= 15 is 0 Å². The van der Waals surface area contributed by atoms with Gasteiger partial charge in [-0.1, -0.05) is 0 Å². The standard InChI is InChI=1S/C5H5NO5/c7-2-11-5(10)1-3(8)6-4(5)9/h2,10H,1H2,(H,6,8,9). The molecule has 1 saturated heterocycles. The fraction of sp³-hybridized carbons (Fsp3) is 0.400. The van der Waals surface area contributed by atoms with Crippen LogP contribution in [0, 0.1) is 0 Å². The molecule has 0 aliphatic carbocycles. The van der Waals surface area contributed by atoms with Gasteiger partial charge in [-0.3, -0.25) is 19.7 Å². The highest BCUT2D eigenvalue weighted by atomic mass is 16.7. The second-order valence-corrected chi connectivity index (χ2v) is 2.05. The lowest BCUT2D eigenvalue weighted by Crippen LogP contribution is -2.40. The molecule has 0 spiro atoms. The molecule has 0 aromatic rings. The number of amides is 2. The van der Waals surface area contributed by atoms with Gasteiger partial charge in [-0.2, -0.15) is 0 Å². The number of imide groups is 1. The van der Waals surface area contributed by atoms with Crippen LogP contribution in [0.15, 0.2) is 0 Å². The first-order chi connectivity index (χ1) is 5.08. The SMILES string of the molecule is O=COC1(O)CC(=O)NC1=O. The van der Waals surface area contributed by atoms with Crippen molar-refractivity contribution >= 4 is 18.3 Å². The van der Waals surface area contributed by atoms with Crippen molar-refractivity contribution in [3.8, 4) is 0 Å². The van der Waals surface area contributed by atoms with Crippen LogP contribution in [0.4, 0.5) is 0 Å². The molecular formula is C5H5NO5. The van der Waals surface area contributed by atoms with Crippen molar-refractivity contribution in [2.75, 3.05) is 0 Å². The summed E-state index contributed by atoms with van der Waals surface area (Å²) < 4.78 is 4.02. The fourth-order valence-electron chi connectivity index (χ4n) is 0.741. The summed E-state index contributed by atoms with van der Waals surface area (Å²) in [5.74, 6) is -3.97. The van der Waals surface area contributed by atoms with E-state index in [-0.39, 0.29) is 6.47 Å². The van der Waals surface area contributed by atoms with Crippen LogP contribution in [0.2, 0.25) is 0 Å². The third-order valence-electron chi connectivity index (χ3n) is 1.25. The van der Waals surface area contributed by atoms with Crippen molar-refractivity contribution in [2.45, 2.75) is 12.2 Å². The molecule has 2 amide bonds. The third kappa shape index (κ3) is 1.20. The molecule has 1 heterocycles. The molecular weight excluding hydrogens is 154 g/mol. The van der Waals surface area contributed by atoms with Gasteiger partial charge >= 0.3 is 0 Å². The van der Waals surface area contributed by atoms with Crippen molar-refractivity contribution in [3.05, 3.63) is 0 Å². The Hall–Kier alpha value is -1.43. The number of aliphatic hydroxyl groups is 1. The van der Waals surface area contributed by atoms with Gasteiger partial charge in [-0.05, 0) is 0 Å². The predicted octanol–water partition coefficient (Wildman–Crippen LogP) is -2.11. The molecule has 0 saturated carbocycles. The van der Waals surface area contributed by atoms with E-state index in [9.17, 15) is 14.4 Å². The van der Waals surface area contributed by atoms with Crippen LogP contribution < -0.4 is 5.32 Å². The summed E-state index contributed by atoms with van der Waals surface area (Å²) in [6, 6.07) is 0. The number of ether oxygens (including phenoxy) is 1. The first-order valence-electron chi connectivity index (χ1n) is 2.76. The molecule has 11 heavy (non-hydrogen) atoms. The molecule has 0 bridgehead atoms. The maximum atomic E-state index is 10.6. The number of nitrogens with one attached hydrogen (secondary N) is 1. The maximum absolute atomic E-state index is 10.6. The Morgan fingerprint density at radius 2 is 2.27 bits per heavy atom. The van der Waals surface area contributed by atoms with Gasteiger partial charge in [0.15, 0.2) is 0 Å². The molecule has 1 atom stereocenters. The minimum Gasteiger partial charge on any atom is -0.425 e. The summed E-state index contributed by atoms with van der Waals surface area (Å²) in [5.41, 5.74) is 0. The molecule has 6 nitrogen and oxygen atoms in total. The van der Waals surface area contributed by atoms with Crippen molar-refractivity contribution in [1.29, 1.82) is 0 Å². The maximum Gasteiger partial charge on any atom is 0.300 e. The molecule has 1 fully saturated rings. The molecule has 1 aliphatic rings. The number of rotatable bonds is 2. The van der Waals surface area contributed by atoms with Crippen LogP contribution in [0.25, 0.3) is 0 Å². The Kier molecular flexibility index (Phi) is 1.61. The van der Waals surface area contributed by atoms with Crippen molar-refractivity contribution in [3.63, 3.8) is 0 Å². The second-order valence-electron chi connectivity index (χ2n) is 2.05. The largest absolute Gasteiger partial charge is 0.425 e. The molecule has 1 unspecified atom stereocenters. The summed E-state index contributed by atoms with van der Waals surface area (Å²) >= 11 is 0. The molecule has 0 aromatic heterocycles. The van der Waals surface area contributed by atoms with Crippen LogP contribution in [0.1, 0.15) is 6.42 Å². The molecule has 6 heteroatoms. The summed E-state index contributed by atoms with van der Waals surface area (Å²) in [6.45, 7) is -0.0851. The van der Waals surface area contributed by atoms with Gasteiger partial charge in [0.05, 0.1) is 0 Å². The Bertz CT molecular complexity index is 225. The Morgan fingerprint density at radius 1 is 1.64 bits per heavy atom. The van der Waals surface area contributed by atoms with Gasteiger partial charge in [0.25, 0.3) is 18.2 Å². The van der Waals surface area contributed by atoms with Crippen molar-refractivity contribution in [1.82, 2.24) is 5.32 Å². The van der Waals surface area contributed by atoms with Gasteiger partial charge < -0.3 is 9.84 Å². The highest BCUT2D eigenvalue weighted by molar-refractivity contribution is 6.06. The van der Waals surface area contributed by atoms with Crippen molar-refractivity contribution in [2.24, 2.45) is 0 Å². The lowest BCUT2D eigenvalue weighted by molar-refractivity contribution is -0.195. The first kappa shape index (κ1) is 7.67. The van der Waals surface area contributed by atoms with Crippen molar-refractivity contribution < 1.29 is 24.2 Å². The molecule has 1 aliphatic heterocycles. The second kappa shape index (κ2) is 2.31. The van der Waals surface area contributed by atoms with Crippen LogP contribution in [0.3, 0.4) is 0 Å². The minimum atomic E-state index is -2.29. The monoisotopic (exact) mass is 159 g/mol. The minimum absolute atomic E-state index is 0.0851. The highest BCUT2D eigenvalue weighted by Gasteiger charge is 2.47. The smallest absolute Gasteiger partial charge is 0.300 e. The average molecular weight is 159 g/mol. The van der Waals surface area contributed by atoms with Crippen LogP contribution >= 0.6 is 0 Å². The van der Waals surface area contributed by atoms with Crippen LogP contribution in [-0.2, 0) is 19.1 Å². The molecule has 60 valence electrons. The fourth-order valence-corrected chi connectivity index (χ4v) is 0.741. The van der Waals surface area contributed by atoms with E-state index in [1.54, 1.807) is 5.32 Å². The topological polar surface area (TPSA) is 92.7 Å². The number of carbonyl (C=O) groups excluding carboxylic acids is 3. The summed E-state index contributed by atoms with van der Waals surface area (Å²) in [7, 11) is 0. The normalized spacial score (nSPS) is 29.9. The Labute approximate surface area is 61.1 Å². The van der Waals surface area contributed by atoms with Gasteiger partial charge in [0.1, 0.15) is 6.42 Å². The Morgan fingerprint density at radius 3 is 2.64 bits per heavy atom. The number of carbonyl (C=O) groups is 3. The first-order valence-corrected chi connectivity index (χ1v) is 2.76. The summed E-state index contributed by atoms with van der Waals surface area (Å²) in [6.07, 6.45) is -0.537. The Balaban J connectivity index is 2.78.